The smallest absolute Gasteiger partial charge is 0.319 e. The molecule has 0 radical (unpaired) electrons. The monoisotopic (exact) mass is 355 g/mol. The Labute approximate surface area is 141 Å². The van der Waals surface area contributed by atoms with Gasteiger partial charge in [-0.2, -0.15) is 0 Å². The van der Waals surface area contributed by atoms with Crippen LogP contribution in [0.25, 0.3) is 0 Å². The summed E-state index contributed by atoms with van der Waals surface area (Å²) in [5, 5.41) is 8.12. The van der Waals surface area contributed by atoms with Crippen molar-refractivity contribution in [3.8, 4) is 0 Å². The summed E-state index contributed by atoms with van der Waals surface area (Å²) in [7, 11) is 0. The maximum absolute atomic E-state index is 12.7. The molecule has 3 N–H and O–H groups in total. The number of amides is 3. The predicted octanol–water partition coefficient (Wildman–Crippen LogP) is 3.89. The number of carbonyl (C=O) groups excluding carboxylic acids is 2. The van der Waals surface area contributed by atoms with Crippen molar-refractivity contribution in [1.29, 1.82) is 0 Å². The fourth-order valence-corrected chi connectivity index (χ4v) is 1.99. The molecule has 0 aliphatic rings. The highest BCUT2D eigenvalue weighted by molar-refractivity contribution is 6.35. The second kappa shape index (κ2) is 7.80. The molecule has 2 aromatic rings. The number of urea groups is 1. The molecule has 0 heterocycles. The average molecular weight is 356 g/mol. The van der Waals surface area contributed by atoms with Crippen LogP contribution in [-0.2, 0) is 4.79 Å². The summed E-state index contributed by atoms with van der Waals surface area (Å²) >= 11 is 11.7. The molecule has 2 aromatic carbocycles. The standard InChI is InChI=1S/C15H12Cl2FN3O2/c16-9-1-6-12(17)13(7-9)21-14(22)8-19-15(23)20-11-4-2-10(18)3-5-11/h1-7H,8H2,(H,21,22)(H2,19,20,23). The first kappa shape index (κ1) is 17.1. The fraction of sp³-hybridized carbons (Fsp3) is 0.0667. The summed E-state index contributed by atoms with van der Waals surface area (Å²) in [6.07, 6.45) is 0. The van der Waals surface area contributed by atoms with Crippen LogP contribution in [0, 0.1) is 5.82 Å². The summed E-state index contributed by atoms with van der Waals surface area (Å²) in [5.74, 6) is -0.878. The first-order valence-corrected chi connectivity index (χ1v) is 7.25. The summed E-state index contributed by atoms with van der Waals surface area (Å²) < 4.78 is 12.7. The molecule has 0 aliphatic heterocycles. The van der Waals surface area contributed by atoms with Crippen LogP contribution in [0.1, 0.15) is 0 Å². The van der Waals surface area contributed by atoms with Crippen LogP contribution in [0.2, 0.25) is 10.0 Å². The van der Waals surface area contributed by atoms with Crippen molar-refractivity contribution < 1.29 is 14.0 Å². The minimum Gasteiger partial charge on any atom is -0.329 e. The van der Waals surface area contributed by atoms with E-state index in [0.29, 0.717) is 21.4 Å². The van der Waals surface area contributed by atoms with Gasteiger partial charge in [-0.15, -0.1) is 0 Å². The van der Waals surface area contributed by atoms with E-state index in [-0.39, 0.29) is 6.54 Å². The van der Waals surface area contributed by atoms with Crippen molar-refractivity contribution in [2.45, 2.75) is 0 Å². The number of hydrogen-bond donors (Lipinski definition) is 3. The van der Waals surface area contributed by atoms with Crippen LogP contribution >= 0.6 is 23.2 Å². The number of rotatable bonds is 4. The van der Waals surface area contributed by atoms with Gasteiger partial charge >= 0.3 is 6.03 Å². The van der Waals surface area contributed by atoms with Gasteiger partial charge in [0.05, 0.1) is 17.3 Å². The fourth-order valence-electron chi connectivity index (χ4n) is 1.66. The van der Waals surface area contributed by atoms with E-state index in [1.807, 2.05) is 0 Å². The Morgan fingerprint density at radius 2 is 1.70 bits per heavy atom. The van der Waals surface area contributed by atoms with Crippen molar-refractivity contribution in [2.75, 3.05) is 17.2 Å². The van der Waals surface area contributed by atoms with Crippen molar-refractivity contribution in [2.24, 2.45) is 0 Å². The van der Waals surface area contributed by atoms with Crippen LogP contribution in [-0.4, -0.2) is 18.5 Å². The summed E-state index contributed by atoms with van der Waals surface area (Å²) in [4.78, 5) is 23.4. The minimum absolute atomic E-state index is 0.268. The third kappa shape index (κ3) is 5.43. The molecule has 5 nitrogen and oxygen atoms in total. The van der Waals surface area contributed by atoms with E-state index in [9.17, 15) is 14.0 Å². The normalized spacial score (nSPS) is 10.0. The van der Waals surface area contributed by atoms with Gasteiger partial charge in [0, 0.05) is 10.7 Å². The lowest BCUT2D eigenvalue weighted by Gasteiger charge is -2.09. The lowest BCUT2D eigenvalue weighted by Crippen LogP contribution is -2.35. The molecule has 0 spiro atoms. The molecule has 0 atom stereocenters. The first-order valence-electron chi connectivity index (χ1n) is 6.49. The topological polar surface area (TPSA) is 70.2 Å². The van der Waals surface area contributed by atoms with Crippen molar-refractivity contribution in [3.05, 3.63) is 58.3 Å². The van der Waals surface area contributed by atoms with Gasteiger partial charge in [-0.25, -0.2) is 9.18 Å². The lowest BCUT2D eigenvalue weighted by molar-refractivity contribution is -0.115. The zero-order chi connectivity index (χ0) is 16.8. The quantitative estimate of drug-likeness (QED) is 0.778. The number of halogens is 3. The number of benzene rings is 2. The Hall–Kier alpha value is -2.31. The van der Waals surface area contributed by atoms with E-state index in [2.05, 4.69) is 16.0 Å². The minimum atomic E-state index is -0.594. The molecule has 0 aliphatic carbocycles. The van der Waals surface area contributed by atoms with Crippen molar-refractivity contribution in [3.63, 3.8) is 0 Å². The van der Waals surface area contributed by atoms with Gasteiger partial charge in [0.1, 0.15) is 5.82 Å². The zero-order valence-corrected chi connectivity index (χ0v) is 13.2. The van der Waals surface area contributed by atoms with E-state index < -0.39 is 17.8 Å². The van der Waals surface area contributed by atoms with E-state index in [1.165, 1.54) is 30.3 Å². The molecule has 0 unspecified atom stereocenters. The van der Waals surface area contributed by atoms with Gasteiger partial charge in [-0.05, 0) is 42.5 Å². The van der Waals surface area contributed by atoms with Crippen molar-refractivity contribution in [1.82, 2.24) is 5.32 Å². The maximum Gasteiger partial charge on any atom is 0.319 e. The third-order valence-corrected chi connectivity index (χ3v) is 3.28. The summed E-state index contributed by atoms with van der Waals surface area (Å²) in [5.41, 5.74) is 0.757. The summed E-state index contributed by atoms with van der Waals surface area (Å²) in [6.45, 7) is -0.268. The Morgan fingerprint density at radius 3 is 2.39 bits per heavy atom. The van der Waals surface area contributed by atoms with Crippen LogP contribution in [0.15, 0.2) is 42.5 Å². The lowest BCUT2D eigenvalue weighted by atomic mass is 10.3. The van der Waals surface area contributed by atoms with Crippen LogP contribution in [0.3, 0.4) is 0 Å². The SMILES string of the molecule is O=C(CNC(=O)Nc1ccc(F)cc1)Nc1cc(Cl)ccc1Cl. The second-order valence-corrected chi connectivity index (χ2v) is 5.33. The number of nitrogens with one attached hydrogen (secondary N) is 3. The predicted molar refractivity (Wildman–Crippen MR) is 88.5 cm³/mol. The van der Waals surface area contributed by atoms with Crippen LogP contribution < -0.4 is 16.0 Å². The largest absolute Gasteiger partial charge is 0.329 e. The van der Waals surface area contributed by atoms with E-state index in [4.69, 9.17) is 23.2 Å². The molecular formula is C15H12Cl2FN3O2. The van der Waals surface area contributed by atoms with Gasteiger partial charge < -0.3 is 16.0 Å². The molecule has 0 saturated carbocycles. The molecule has 3 amide bonds. The van der Waals surface area contributed by atoms with Gasteiger partial charge in [-0.1, -0.05) is 23.2 Å². The maximum atomic E-state index is 12.7. The van der Waals surface area contributed by atoms with Crippen molar-refractivity contribution >= 4 is 46.5 Å². The molecule has 23 heavy (non-hydrogen) atoms. The summed E-state index contributed by atoms with van der Waals surface area (Å²) in [6, 6.07) is 9.28. The van der Waals surface area contributed by atoms with Gasteiger partial charge in [0.2, 0.25) is 5.91 Å². The Balaban J connectivity index is 1.83. The van der Waals surface area contributed by atoms with E-state index >= 15 is 0 Å². The second-order valence-electron chi connectivity index (χ2n) is 4.49. The van der Waals surface area contributed by atoms with Gasteiger partial charge in [0.15, 0.2) is 0 Å². The van der Waals surface area contributed by atoms with Crippen LogP contribution in [0.5, 0.6) is 0 Å². The van der Waals surface area contributed by atoms with Gasteiger partial charge in [-0.3, -0.25) is 4.79 Å². The Morgan fingerprint density at radius 1 is 1.00 bits per heavy atom. The molecule has 0 bridgehead atoms. The number of carbonyl (C=O) groups is 2. The highest BCUT2D eigenvalue weighted by Crippen LogP contribution is 2.25. The zero-order valence-electron chi connectivity index (χ0n) is 11.7. The van der Waals surface area contributed by atoms with Gasteiger partial charge in [0.25, 0.3) is 0 Å². The molecule has 0 saturated heterocycles. The van der Waals surface area contributed by atoms with E-state index in [1.54, 1.807) is 12.1 Å². The molecule has 0 fully saturated rings. The Bertz CT molecular complexity index is 723. The highest BCUT2D eigenvalue weighted by atomic mass is 35.5. The van der Waals surface area contributed by atoms with E-state index in [0.717, 1.165) is 0 Å². The number of anilines is 2. The molecule has 120 valence electrons. The highest BCUT2D eigenvalue weighted by Gasteiger charge is 2.08. The average Bonchev–Trinajstić information content (AvgIpc) is 2.51. The molecule has 2 rings (SSSR count). The number of hydrogen-bond acceptors (Lipinski definition) is 2. The third-order valence-electron chi connectivity index (χ3n) is 2.71. The Kier molecular flexibility index (Phi) is 5.78. The molecule has 0 aromatic heterocycles. The van der Waals surface area contributed by atoms with Crippen LogP contribution in [0.4, 0.5) is 20.6 Å². The first-order chi connectivity index (χ1) is 10.9. The molecule has 8 heteroatoms. The molecular weight excluding hydrogens is 344 g/mol.